The highest BCUT2D eigenvalue weighted by Gasteiger charge is 2.30. The number of esters is 1. The number of nitrogens with one attached hydrogen (secondary N) is 1. The van der Waals surface area contributed by atoms with Crippen LogP contribution in [-0.4, -0.2) is 32.5 Å². The maximum Gasteiger partial charge on any atom is 0.323 e. The van der Waals surface area contributed by atoms with Crippen LogP contribution >= 0.6 is 0 Å². The quantitative estimate of drug-likeness (QED) is 0.333. The molecule has 0 aliphatic rings. The molecule has 0 amide bonds. The molecule has 1 aromatic carbocycles. The normalized spacial score (nSPS) is 12.4. The van der Waals surface area contributed by atoms with Crippen LogP contribution in [-0.2, 0) is 19.6 Å². The summed E-state index contributed by atoms with van der Waals surface area (Å²) >= 11 is 0. The third-order valence-electron chi connectivity index (χ3n) is 2.79. The van der Waals surface area contributed by atoms with Crippen molar-refractivity contribution in [3.63, 3.8) is 0 Å². The first-order valence-corrected chi connectivity index (χ1v) is 7.76. The molecule has 0 aliphatic carbocycles. The van der Waals surface area contributed by atoms with Crippen molar-refractivity contribution in [2.24, 2.45) is 0 Å². The second kappa shape index (κ2) is 7.66. The Morgan fingerprint density at radius 3 is 2.68 bits per heavy atom. The van der Waals surface area contributed by atoms with Crippen LogP contribution in [0.5, 0.6) is 0 Å². The maximum absolute atomic E-state index is 12.3. The first-order valence-electron chi connectivity index (χ1n) is 6.28. The Kier molecular flexibility index (Phi) is 6.20. The van der Waals surface area contributed by atoms with E-state index in [1.807, 2.05) is 0 Å². The summed E-state index contributed by atoms with van der Waals surface area (Å²) in [5, 5.41) is 10.9. The standard InChI is InChI=1S/C13H16N2O6S/c1-3-4-7-10(13(16)21-2)14-22(19,20)12-9-6-5-8-11(12)15(17)18/h3,5-6,8-10,14H,1,4,7H2,2H3. The molecule has 0 aliphatic heterocycles. The average Bonchev–Trinajstić information content (AvgIpc) is 2.50. The largest absolute Gasteiger partial charge is 0.468 e. The molecule has 0 bridgehead atoms. The zero-order chi connectivity index (χ0) is 16.8. The number of allylic oxidation sites excluding steroid dienone is 1. The van der Waals surface area contributed by atoms with Gasteiger partial charge in [0.05, 0.1) is 12.0 Å². The van der Waals surface area contributed by atoms with E-state index in [2.05, 4.69) is 16.0 Å². The minimum Gasteiger partial charge on any atom is -0.468 e. The number of sulfonamides is 1. The Morgan fingerprint density at radius 2 is 2.14 bits per heavy atom. The molecular formula is C13H16N2O6S. The van der Waals surface area contributed by atoms with E-state index in [0.717, 1.165) is 19.2 Å². The van der Waals surface area contributed by atoms with E-state index in [4.69, 9.17) is 0 Å². The monoisotopic (exact) mass is 328 g/mol. The Morgan fingerprint density at radius 1 is 1.50 bits per heavy atom. The minimum absolute atomic E-state index is 0.135. The molecule has 1 unspecified atom stereocenters. The van der Waals surface area contributed by atoms with Crippen LogP contribution in [0.2, 0.25) is 0 Å². The van der Waals surface area contributed by atoms with Crippen molar-refractivity contribution in [1.29, 1.82) is 0 Å². The molecule has 1 rings (SSSR count). The summed E-state index contributed by atoms with van der Waals surface area (Å²) < 4.78 is 31.3. The molecule has 1 atom stereocenters. The lowest BCUT2D eigenvalue weighted by Gasteiger charge is -2.15. The van der Waals surface area contributed by atoms with E-state index in [1.165, 1.54) is 18.2 Å². The van der Waals surface area contributed by atoms with Crippen molar-refractivity contribution in [3.8, 4) is 0 Å². The number of hydrogen-bond donors (Lipinski definition) is 1. The second-order valence-corrected chi connectivity index (χ2v) is 5.97. The van der Waals surface area contributed by atoms with E-state index in [-0.39, 0.29) is 6.42 Å². The number of ether oxygens (including phenoxy) is 1. The molecule has 0 spiro atoms. The van der Waals surface area contributed by atoms with Crippen LogP contribution in [0.4, 0.5) is 5.69 Å². The van der Waals surface area contributed by atoms with E-state index >= 15 is 0 Å². The molecular weight excluding hydrogens is 312 g/mol. The van der Waals surface area contributed by atoms with Gasteiger partial charge in [-0.2, -0.15) is 4.72 Å². The summed E-state index contributed by atoms with van der Waals surface area (Å²) in [5.74, 6) is -0.774. The predicted octanol–water partition coefficient (Wildman–Crippen LogP) is 1.38. The fourth-order valence-electron chi connectivity index (χ4n) is 1.74. The molecule has 1 N–H and O–H groups in total. The number of benzene rings is 1. The van der Waals surface area contributed by atoms with Crippen LogP contribution in [0.25, 0.3) is 0 Å². The number of nitro benzene ring substituents is 1. The number of nitrogens with zero attached hydrogens (tertiary/aromatic N) is 1. The van der Waals surface area contributed by atoms with Gasteiger partial charge in [0, 0.05) is 6.07 Å². The lowest BCUT2D eigenvalue weighted by Crippen LogP contribution is -2.41. The number of nitro groups is 1. The van der Waals surface area contributed by atoms with Crippen molar-refractivity contribution >= 4 is 21.7 Å². The number of rotatable bonds is 8. The summed E-state index contributed by atoms with van der Waals surface area (Å²) in [6.07, 6.45) is 2.03. The highest BCUT2D eigenvalue weighted by atomic mass is 32.2. The van der Waals surface area contributed by atoms with E-state index in [0.29, 0.717) is 6.42 Å². The molecule has 9 heteroatoms. The Hall–Kier alpha value is -2.26. The molecule has 8 nitrogen and oxygen atoms in total. The molecule has 0 fully saturated rings. The van der Waals surface area contributed by atoms with E-state index in [1.54, 1.807) is 0 Å². The van der Waals surface area contributed by atoms with Gasteiger partial charge >= 0.3 is 5.97 Å². The average molecular weight is 328 g/mol. The predicted molar refractivity (Wildman–Crippen MR) is 78.7 cm³/mol. The Labute approximate surface area is 128 Å². The third kappa shape index (κ3) is 4.37. The number of carbonyl (C=O) groups is 1. The van der Waals surface area contributed by atoms with Crippen LogP contribution in [0.15, 0.2) is 41.8 Å². The van der Waals surface area contributed by atoms with E-state index in [9.17, 15) is 23.3 Å². The molecule has 22 heavy (non-hydrogen) atoms. The first kappa shape index (κ1) is 17.8. The second-order valence-electron chi connectivity index (χ2n) is 4.29. The summed E-state index contributed by atoms with van der Waals surface area (Å²) in [7, 11) is -3.12. The fraction of sp³-hybridized carbons (Fsp3) is 0.308. The van der Waals surface area contributed by atoms with Crippen molar-refractivity contribution < 1.29 is 22.9 Å². The topological polar surface area (TPSA) is 116 Å². The van der Waals surface area contributed by atoms with Gasteiger partial charge in [-0.3, -0.25) is 14.9 Å². The van der Waals surface area contributed by atoms with Crippen LogP contribution < -0.4 is 4.72 Å². The van der Waals surface area contributed by atoms with Crippen LogP contribution in [0.3, 0.4) is 0 Å². The molecule has 0 saturated heterocycles. The van der Waals surface area contributed by atoms with Crippen LogP contribution in [0.1, 0.15) is 12.8 Å². The Bertz CT molecular complexity index is 671. The fourth-order valence-corrected chi connectivity index (χ4v) is 3.13. The van der Waals surface area contributed by atoms with Gasteiger partial charge in [0.1, 0.15) is 6.04 Å². The van der Waals surface area contributed by atoms with Gasteiger partial charge in [-0.05, 0) is 18.9 Å². The number of carbonyl (C=O) groups excluding carboxylic acids is 1. The third-order valence-corrected chi connectivity index (χ3v) is 4.31. The first-order chi connectivity index (χ1) is 10.3. The Balaban J connectivity index is 3.15. The SMILES string of the molecule is C=CCCC(NS(=O)(=O)c1ccccc1[N+](=O)[O-])C(=O)OC. The van der Waals surface area contributed by atoms with Gasteiger partial charge in [0.2, 0.25) is 10.0 Å². The highest BCUT2D eigenvalue weighted by molar-refractivity contribution is 7.89. The molecule has 0 saturated carbocycles. The van der Waals surface area contributed by atoms with Gasteiger partial charge < -0.3 is 4.74 Å². The van der Waals surface area contributed by atoms with Gasteiger partial charge in [0.15, 0.2) is 4.90 Å². The maximum atomic E-state index is 12.3. The van der Waals surface area contributed by atoms with Gasteiger partial charge in [-0.25, -0.2) is 8.42 Å². The summed E-state index contributed by atoms with van der Waals surface area (Å²) in [4.78, 5) is 21.2. The van der Waals surface area contributed by atoms with Crippen LogP contribution in [0, 0.1) is 10.1 Å². The van der Waals surface area contributed by atoms with Crippen molar-refractivity contribution in [3.05, 3.63) is 47.0 Å². The smallest absolute Gasteiger partial charge is 0.323 e. The van der Waals surface area contributed by atoms with Gasteiger partial charge in [-0.15, -0.1) is 6.58 Å². The molecule has 0 radical (unpaired) electrons. The number of methoxy groups -OCH3 is 1. The molecule has 0 heterocycles. The molecule has 120 valence electrons. The summed E-state index contributed by atoms with van der Waals surface area (Å²) in [6, 6.07) is 3.74. The zero-order valence-corrected chi connectivity index (χ0v) is 12.7. The van der Waals surface area contributed by atoms with Gasteiger partial charge in [0.25, 0.3) is 5.69 Å². The minimum atomic E-state index is -4.25. The van der Waals surface area contributed by atoms with Crippen molar-refractivity contribution in [2.45, 2.75) is 23.8 Å². The highest BCUT2D eigenvalue weighted by Crippen LogP contribution is 2.23. The molecule has 0 aromatic heterocycles. The molecule has 1 aromatic rings. The lowest BCUT2D eigenvalue weighted by molar-refractivity contribution is -0.387. The zero-order valence-electron chi connectivity index (χ0n) is 11.9. The van der Waals surface area contributed by atoms with Crippen molar-refractivity contribution in [2.75, 3.05) is 7.11 Å². The van der Waals surface area contributed by atoms with Gasteiger partial charge in [-0.1, -0.05) is 18.2 Å². The number of para-hydroxylation sites is 1. The summed E-state index contributed by atoms with van der Waals surface area (Å²) in [5.41, 5.74) is -0.567. The van der Waals surface area contributed by atoms with Crippen molar-refractivity contribution in [1.82, 2.24) is 4.72 Å². The summed E-state index contributed by atoms with van der Waals surface area (Å²) in [6.45, 7) is 3.49. The number of hydrogen-bond acceptors (Lipinski definition) is 6. The lowest BCUT2D eigenvalue weighted by atomic mass is 10.2. The van der Waals surface area contributed by atoms with E-state index < -0.39 is 37.5 Å².